The molecule has 0 aromatic heterocycles. The van der Waals surface area contributed by atoms with E-state index < -0.39 is 0 Å². The highest BCUT2D eigenvalue weighted by Crippen LogP contribution is 2.19. The molecule has 0 aliphatic heterocycles. The van der Waals surface area contributed by atoms with Crippen LogP contribution in [0.3, 0.4) is 0 Å². The van der Waals surface area contributed by atoms with Gasteiger partial charge >= 0.3 is 0 Å². The maximum absolute atomic E-state index is 13.4. The van der Waals surface area contributed by atoms with Crippen molar-refractivity contribution in [2.75, 3.05) is 5.32 Å². The minimum Gasteiger partial charge on any atom is -0.322 e. The number of carbonyl (C=O) groups is 1. The Bertz CT molecular complexity index is 640. The van der Waals surface area contributed by atoms with Crippen molar-refractivity contribution in [3.8, 4) is 0 Å². The highest BCUT2D eigenvalue weighted by atomic mass is 79.9. The van der Waals surface area contributed by atoms with Crippen molar-refractivity contribution in [2.24, 2.45) is 0 Å². The Kier molecular flexibility index (Phi) is 4.00. The first-order chi connectivity index (χ1) is 8.97. The van der Waals surface area contributed by atoms with Crippen LogP contribution in [0, 0.1) is 19.7 Å². The van der Waals surface area contributed by atoms with Crippen LogP contribution in [0.4, 0.5) is 10.1 Å². The van der Waals surface area contributed by atoms with Crippen molar-refractivity contribution < 1.29 is 9.18 Å². The molecule has 4 heteroatoms. The number of amides is 1. The average Bonchev–Trinajstić information content (AvgIpc) is 2.37. The van der Waals surface area contributed by atoms with Gasteiger partial charge in [-0.3, -0.25) is 4.79 Å². The molecule has 0 radical (unpaired) electrons. The topological polar surface area (TPSA) is 29.1 Å². The number of halogens is 2. The van der Waals surface area contributed by atoms with E-state index in [-0.39, 0.29) is 11.7 Å². The molecule has 98 valence electrons. The van der Waals surface area contributed by atoms with E-state index in [1.807, 2.05) is 13.0 Å². The van der Waals surface area contributed by atoms with Crippen LogP contribution >= 0.6 is 15.9 Å². The van der Waals surface area contributed by atoms with Gasteiger partial charge in [0.1, 0.15) is 5.82 Å². The van der Waals surface area contributed by atoms with Crippen molar-refractivity contribution in [1.82, 2.24) is 0 Å². The van der Waals surface area contributed by atoms with Gasteiger partial charge in [-0.1, -0.05) is 22.0 Å². The molecule has 0 unspecified atom stereocenters. The molecule has 0 atom stereocenters. The SMILES string of the molecule is Cc1ccc(NC(=O)c2ccc(Br)c(C)c2)cc1F. The number of carbonyl (C=O) groups excluding carboxylic acids is 1. The van der Waals surface area contributed by atoms with Crippen LogP contribution in [0.2, 0.25) is 0 Å². The van der Waals surface area contributed by atoms with Gasteiger partial charge in [-0.05, 0) is 55.3 Å². The third kappa shape index (κ3) is 3.20. The predicted octanol–water partition coefficient (Wildman–Crippen LogP) is 4.46. The molecular weight excluding hydrogens is 309 g/mol. The molecule has 1 amide bonds. The molecule has 0 bridgehead atoms. The largest absolute Gasteiger partial charge is 0.322 e. The first-order valence-corrected chi connectivity index (χ1v) is 6.60. The maximum atomic E-state index is 13.4. The summed E-state index contributed by atoms with van der Waals surface area (Å²) in [7, 11) is 0. The zero-order chi connectivity index (χ0) is 14.0. The van der Waals surface area contributed by atoms with E-state index in [1.54, 1.807) is 31.2 Å². The van der Waals surface area contributed by atoms with E-state index in [4.69, 9.17) is 0 Å². The van der Waals surface area contributed by atoms with Crippen molar-refractivity contribution in [3.63, 3.8) is 0 Å². The second-order valence-corrected chi connectivity index (χ2v) is 5.24. The third-order valence-corrected chi connectivity index (χ3v) is 3.74. The van der Waals surface area contributed by atoms with E-state index in [1.165, 1.54) is 6.07 Å². The van der Waals surface area contributed by atoms with Crippen molar-refractivity contribution >= 4 is 27.5 Å². The minimum absolute atomic E-state index is 0.251. The molecule has 2 nitrogen and oxygen atoms in total. The van der Waals surface area contributed by atoms with Gasteiger partial charge in [-0.15, -0.1) is 0 Å². The normalized spacial score (nSPS) is 10.3. The summed E-state index contributed by atoms with van der Waals surface area (Å²) in [6, 6.07) is 9.96. The minimum atomic E-state index is -0.329. The first kappa shape index (κ1) is 13.7. The fourth-order valence-corrected chi connectivity index (χ4v) is 1.91. The van der Waals surface area contributed by atoms with Gasteiger partial charge in [0, 0.05) is 15.7 Å². The van der Waals surface area contributed by atoms with Crippen LogP contribution < -0.4 is 5.32 Å². The molecule has 0 saturated heterocycles. The van der Waals surface area contributed by atoms with Gasteiger partial charge in [0.2, 0.25) is 0 Å². The van der Waals surface area contributed by atoms with Crippen molar-refractivity contribution in [3.05, 3.63) is 63.4 Å². The molecule has 0 aliphatic rings. The van der Waals surface area contributed by atoms with Gasteiger partial charge in [-0.2, -0.15) is 0 Å². The summed E-state index contributed by atoms with van der Waals surface area (Å²) >= 11 is 3.38. The maximum Gasteiger partial charge on any atom is 0.255 e. The summed E-state index contributed by atoms with van der Waals surface area (Å²) in [5.74, 6) is -0.580. The molecule has 2 aromatic rings. The Labute approximate surface area is 119 Å². The number of benzene rings is 2. The van der Waals surface area contributed by atoms with E-state index >= 15 is 0 Å². The van der Waals surface area contributed by atoms with Crippen LogP contribution in [-0.2, 0) is 0 Å². The van der Waals surface area contributed by atoms with Crippen molar-refractivity contribution in [2.45, 2.75) is 13.8 Å². The number of hydrogen-bond acceptors (Lipinski definition) is 1. The van der Waals surface area contributed by atoms with E-state index in [9.17, 15) is 9.18 Å². The van der Waals surface area contributed by atoms with Crippen LogP contribution in [-0.4, -0.2) is 5.91 Å². The molecule has 0 spiro atoms. The Balaban J connectivity index is 2.20. The summed E-state index contributed by atoms with van der Waals surface area (Å²) in [5.41, 5.74) is 2.52. The number of nitrogens with one attached hydrogen (secondary N) is 1. The van der Waals surface area contributed by atoms with Crippen LogP contribution in [0.5, 0.6) is 0 Å². The lowest BCUT2D eigenvalue weighted by Crippen LogP contribution is -2.12. The number of anilines is 1. The molecule has 2 aromatic carbocycles. The highest BCUT2D eigenvalue weighted by molar-refractivity contribution is 9.10. The molecule has 1 N–H and O–H groups in total. The average molecular weight is 322 g/mol. The number of aryl methyl sites for hydroxylation is 2. The Morgan fingerprint density at radius 2 is 1.84 bits per heavy atom. The Hall–Kier alpha value is -1.68. The van der Waals surface area contributed by atoms with E-state index in [0.29, 0.717) is 16.8 Å². The van der Waals surface area contributed by atoms with Gasteiger partial charge in [-0.25, -0.2) is 4.39 Å². The lowest BCUT2D eigenvalue weighted by molar-refractivity contribution is 0.102. The second-order valence-electron chi connectivity index (χ2n) is 4.38. The quantitative estimate of drug-likeness (QED) is 0.869. The van der Waals surface area contributed by atoms with Crippen LogP contribution in [0.15, 0.2) is 40.9 Å². The van der Waals surface area contributed by atoms with Crippen molar-refractivity contribution in [1.29, 1.82) is 0 Å². The monoisotopic (exact) mass is 321 g/mol. The van der Waals surface area contributed by atoms with Gasteiger partial charge in [0.25, 0.3) is 5.91 Å². The zero-order valence-electron chi connectivity index (χ0n) is 10.6. The summed E-state index contributed by atoms with van der Waals surface area (Å²) < 4.78 is 14.3. The fraction of sp³-hybridized carbons (Fsp3) is 0.133. The lowest BCUT2D eigenvalue weighted by Gasteiger charge is -2.07. The third-order valence-electron chi connectivity index (χ3n) is 2.85. The Morgan fingerprint density at radius 1 is 1.11 bits per heavy atom. The van der Waals surface area contributed by atoms with Crippen LogP contribution in [0.25, 0.3) is 0 Å². The van der Waals surface area contributed by atoms with Gasteiger partial charge in [0.15, 0.2) is 0 Å². The number of rotatable bonds is 2. The summed E-state index contributed by atoms with van der Waals surface area (Å²) in [4.78, 5) is 12.0. The summed E-state index contributed by atoms with van der Waals surface area (Å²) in [6.07, 6.45) is 0. The molecule has 0 heterocycles. The molecule has 0 saturated carbocycles. The molecule has 19 heavy (non-hydrogen) atoms. The lowest BCUT2D eigenvalue weighted by atomic mass is 10.1. The molecule has 0 fully saturated rings. The van der Waals surface area contributed by atoms with Gasteiger partial charge < -0.3 is 5.32 Å². The van der Waals surface area contributed by atoms with Crippen LogP contribution in [0.1, 0.15) is 21.5 Å². The van der Waals surface area contributed by atoms with E-state index in [0.717, 1.165) is 10.0 Å². The van der Waals surface area contributed by atoms with E-state index in [2.05, 4.69) is 21.2 Å². The first-order valence-electron chi connectivity index (χ1n) is 5.81. The fourth-order valence-electron chi connectivity index (χ4n) is 1.66. The molecule has 0 aliphatic carbocycles. The molecule has 2 rings (SSSR count). The predicted molar refractivity (Wildman–Crippen MR) is 78.0 cm³/mol. The second kappa shape index (κ2) is 5.53. The van der Waals surface area contributed by atoms with Gasteiger partial charge in [0.05, 0.1) is 0 Å². The summed E-state index contributed by atoms with van der Waals surface area (Å²) in [5, 5.41) is 2.68. The highest BCUT2D eigenvalue weighted by Gasteiger charge is 2.08. The summed E-state index contributed by atoms with van der Waals surface area (Å²) in [6.45, 7) is 3.59. The smallest absolute Gasteiger partial charge is 0.255 e. The zero-order valence-corrected chi connectivity index (χ0v) is 12.2. The molecular formula is C15H13BrFNO. The Morgan fingerprint density at radius 3 is 2.47 bits per heavy atom. The standard InChI is InChI=1S/C15H13BrFNO/c1-9-3-5-12(8-14(9)17)18-15(19)11-4-6-13(16)10(2)7-11/h3-8H,1-2H3,(H,18,19). The number of hydrogen-bond donors (Lipinski definition) is 1.